The van der Waals surface area contributed by atoms with Gasteiger partial charge in [-0.25, -0.2) is 12.7 Å². The highest BCUT2D eigenvalue weighted by molar-refractivity contribution is 7.88. The van der Waals surface area contributed by atoms with Gasteiger partial charge in [0.15, 0.2) is 0 Å². The lowest BCUT2D eigenvalue weighted by Gasteiger charge is -2.20. The summed E-state index contributed by atoms with van der Waals surface area (Å²) in [6, 6.07) is 3.73. The van der Waals surface area contributed by atoms with Gasteiger partial charge in [-0.3, -0.25) is 4.79 Å². The molecule has 0 aliphatic carbocycles. The van der Waals surface area contributed by atoms with Gasteiger partial charge in [-0.05, 0) is 18.6 Å². The maximum absolute atomic E-state index is 12.1. The molecule has 1 aromatic heterocycles. The van der Waals surface area contributed by atoms with Gasteiger partial charge >= 0.3 is 0 Å². The van der Waals surface area contributed by atoms with Crippen molar-refractivity contribution in [3.8, 4) is 0 Å². The fourth-order valence-electron chi connectivity index (χ4n) is 2.23. The molecule has 0 unspecified atom stereocenters. The number of nitrogens with zero attached hydrogens (tertiary/aromatic N) is 2. The molecule has 106 valence electrons. The monoisotopic (exact) mass is 285 g/mol. The topological polar surface area (TPSA) is 73.5 Å². The van der Waals surface area contributed by atoms with Crippen LogP contribution in [0.5, 0.6) is 0 Å². The zero-order chi connectivity index (χ0) is 13.9. The fourth-order valence-corrected chi connectivity index (χ4v) is 3.10. The van der Waals surface area contributed by atoms with Crippen LogP contribution in [0.3, 0.4) is 0 Å². The Morgan fingerprint density at radius 2 is 2.11 bits per heavy atom. The average Bonchev–Trinajstić information content (AvgIpc) is 2.69. The molecule has 0 bridgehead atoms. The van der Waals surface area contributed by atoms with Crippen LogP contribution in [0.4, 0.5) is 0 Å². The normalized spacial score (nSPS) is 18.3. The number of hydrogen-bond donors (Lipinski definition) is 1. The van der Waals surface area contributed by atoms with Crippen LogP contribution < -0.4 is 0 Å². The molecule has 1 saturated heterocycles. The van der Waals surface area contributed by atoms with E-state index in [1.165, 1.54) is 10.6 Å². The number of hydrogen-bond acceptors (Lipinski definition) is 3. The highest BCUT2D eigenvalue weighted by Crippen LogP contribution is 2.09. The molecule has 0 radical (unpaired) electrons. The number of rotatable bonds is 3. The first-order valence-corrected chi connectivity index (χ1v) is 8.17. The van der Waals surface area contributed by atoms with Crippen LogP contribution >= 0.6 is 0 Å². The third-order valence-corrected chi connectivity index (χ3v) is 4.58. The molecule has 1 fully saturated rings. The summed E-state index contributed by atoms with van der Waals surface area (Å²) >= 11 is 0. The van der Waals surface area contributed by atoms with E-state index < -0.39 is 10.0 Å². The van der Waals surface area contributed by atoms with Crippen molar-refractivity contribution in [2.45, 2.75) is 12.8 Å². The summed E-state index contributed by atoms with van der Waals surface area (Å²) in [6.07, 6.45) is 4.02. The lowest BCUT2D eigenvalue weighted by atomic mass is 10.2. The molecular formula is C12H19N3O3S. The average molecular weight is 285 g/mol. The zero-order valence-electron chi connectivity index (χ0n) is 11.0. The van der Waals surface area contributed by atoms with Crippen LogP contribution in [0, 0.1) is 0 Å². The van der Waals surface area contributed by atoms with Gasteiger partial charge in [0, 0.05) is 38.1 Å². The van der Waals surface area contributed by atoms with E-state index in [4.69, 9.17) is 0 Å². The summed E-state index contributed by atoms with van der Waals surface area (Å²) in [5.41, 5.74) is 0.884. The van der Waals surface area contributed by atoms with Crippen molar-refractivity contribution in [1.82, 2.24) is 14.2 Å². The summed E-state index contributed by atoms with van der Waals surface area (Å²) in [5.74, 6) is 0.0396. The van der Waals surface area contributed by atoms with Crippen molar-refractivity contribution in [2.75, 3.05) is 32.4 Å². The molecule has 0 spiro atoms. The van der Waals surface area contributed by atoms with Gasteiger partial charge in [0.05, 0.1) is 12.7 Å². The summed E-state index contributed by atoms with van der Waals surface area (Å²) in [4.78, 5) is 16.9. The third-order valence-electron chi connectivity index (χ3n) is 3.28. The SMILES string of the molecule is CS(=O)(=O)N1CCCN(C(=O)Cc2ccc[nH]2)CC1. The van der Waals surface area contributed by atoms with Gasteiger partial charge < -0.3 is 9.88 Å². The van der Waals surface area contributed by atoms with E-state index in [0.29, 0.717) is 39.0 Å². The molecule has 0 aromatic carbocycles. The molecule has 2 heterocycles. The number of H-pyrrole nitrogens is 1. The summed E-state index contributed by atoms with van der Waals surface area (Å²) in [7, 11) is -3.16. The predicted octanol–water partition coefficient (Wildman–Crippen LogP) is 0.0511. The van der Waals surface area contributed by atoms with Crippen LogP contribution in [-0.2, 0) is 21.2 Å². The van der Waals surface area contributed by atoms with Gasteiger partial charge in [-0.1, -0.05) is 0 Å². The minimum Gasteiger partial charge on any atom is -0.365 e. The van der Waals surface area contributed by atoms with Crippen molar-refractivity contribution in [3.05, 3.63) is 24.0 Å². The molecule has 2 rings (SSSR count). The molecule has 1 aliphatic heterocycles. The molecule has 19 heavy (non-hydrogen) atoms. The summed E-state index contributed by atoms with van der Waals surface area (Å²) < 4.78 is 24.4. The van der Waals surface area contributed by atoms with Crippen LogP contribution in [0.15, 0.2) is 18.3 Å². The second kappa shape index (κ2) is 5.75. The van der Waals surface area contributed by atoms with Crippen LogP contribution in [0.1, 0.15) is 12.1 Å². The number of nitrogens with one attached hydrogen (secondary N) is 1. The van der Waals surface area contributed by atoms with Gasteiger partial charge in [-0.15, -0.1) is 0 Å². The Labute approximate surface area is 113 Å². The van der Waals surface area contributed by atoms with E-state index in [0.717, 1.165) is 5.69 Å². The number of sulfonamides is 1. The van der Waals surface area contributed by atoms with E-state index in [9.17, 15) is 13.2 Å². The van der Waals surface area contributed by atoms with Crippen molar-refractivity contribution >= 4 is 15.9 Å². The second-order valence-electron chi connectivity index (χ2n) is 4.77. The lowest BCUT2D eigenvalue weighted by Crippen LogP contribution is -2.37. The number of amides is 1. The standard InChI is InChI=1S/C12H19N3O3S/c1-19(17,18)15-7-3-6-14(8-9-15)12(16)10-11-4-2-5-13-11/h2,4-5,13H,3,6-10H2,1H3. The number of carbonyl (C=O) groups is 1. The molecule has 1 amide bonds. The molecular weight excluding hydrogens is 266 g/mol. The molecule has 6 nitrogen and oxygen atoms in total. The van der Waals surface area contributed by atoms with Crippen molar-refractivity contribution in [3.63, 3.8) is 0 Å². The molecule has 0 saturated carbocycles. The zero-order valence-corrected chi connectivity index (χ0v) is 11.8. The minimum absolute atomic E-state index is 0.0396. The maximum atomic E-state index is 12.1. The van der Waals surface area contributed by atoms with Crippen LogP contribution in [0.25, 0.3) is 0 Å². The van der Waals surface area contributed by atoms with Gasteiger partial charge in [-0.2, -0.15) is 0 Å². The second-order valence-corrected chi connectivity index (χ2v) is 6.75. The van der Waals surface area contributed by atoms with Gasteiger partial charge in [0.2, 0.25) is 15.9 Å². The number of carbonyl (C=O) groups excluding carboxylic acids is 1. The van der Waals surface area contributed by atoms with E-state index in [2.05, 4.69) is 4.98 Å². The van der Waals surface area contributed by atoms with E-state index in [1.54, 1.807) is 11.1 Å². The van der Waals surface area contributed by atoms with Gasteiger partial charge in [0.1, 0.15) is 0 Å². The first kappa shape index (κ1) is 14.1. The Bertz CT molecular complexity index is 524. The number of aromatic amines is 1. The highest BCUT2D eigenvalue weighted by Gasteiger charge is 2.23. The van der Waals surface area contributed by atoms with Crippen molar-refractivity contribution < 1.29 is 13.2 Å². The first-order chi connectivity index (χ1) is 8.97. The Hall–Kier alpha value is -1.34. The summed E-state index contributed by atoms with van der Waals surface area (Å²) in [5, 5.41) is 0. The van der Waals surface area contributed by atoms with Crippen LogP contribution in [-0.4, -0.2) is 60.9 Å². The third kappa shape index (κ3) is 3.81. The van der Waals surface area contributed by atoms with E-state index >= 15 is 0 Å². The lowest BCUT2D eigenvalue weighted by molar-refractivity contribution is -0.130. The summed E-state index contributed by atoms with van der Waals surface area (Å²) in [6.45, 7) is 1.96. The Balaban J connectivity index is 1.94. The minimum atomic E-state index is -3.16. The Morgan fingerprint density at radius 3 is 2.74 bits per heavy atom. The largest absolute Gasteiger partial charge is 0.365 e. The predicted molar refractivity (Wildman–Crippen MR) is 72.1 cm³/mol. The smallest absolute Gasteiger partial charge is 0.228 e. The fraction of sp³-hybridized carbons (Fsp3) is 0.583. The van der Waals surface area contributed by atoms with E-state index in [1.807, 2.05) is 12.1 Å². The van der Waals surface area contributed by atoms with Gasteiger partial charge in [0.25, 0.3) is 0 Å². The first-order valence-electron chi connectivity index (χ1n) is 6.32. The Kier molecular flexibility index (Phi) is 4.26. The number of aromatic nitrogens is 1. The maximum Gasteiger partial charge on any atom is 0.228 e. The molecule has 1 aliphatic rings. The van der Waals surface area contributed by atoms with Crippen molar-refractivity contribution in [1.29, 1.82) is 0 Å². The molecule has 1 aromatic rings. The Morgan fingerprint density at radius 1 is 1.32 bits per heavy atom. The molecule has 1 N–H and O–H groups in total. The van der Waals surface area contributed by atoms with Crippen molar-refractivity contribution in [2.24, 2.45) is 0 Å². The molecule has 0 atom stereocenters. The van der Waals surface area contributed by atoms with Crippen LogP contribution in [0.2, 0.25) is 0 Å². The molecule has 7 heteroatoms. The quantitative estimate of drug-likeness (QED) is 0.853. The highest BCUT2D eigenvalue weighted by atomic mass is 32.2. The van der Waals surface area contributed by atoms with E-state index in [-0.39, 0.29) is 5.91 Å².